The highest BCUT2D eigenvalue weighted by atomic mass is 16.7. The second-order valence-corrected chi connectivity index (χ2v) is 5.65. The maximum absolute atomic E-state index is 5.97. The highest BCUT2D eigenvalue weighted by Gasteiger charge is 2.33. The van der Waals surface area contributed by atoms with Crippen LogP contribution < -0.4 is 0 Å². The molecule has 0 spiro atoms. The minimum absolute atomic E-state index is 0.116. The Morgan fingerprint density at radius 3 is 2.68 bits per heavy atom. The maximum atomic E-state index is 5.97. The molecule has 1 aromatic carbocycles. The van der Waals surface area contributed by atoms with Crippen LogP contribution in [0.5, 0.6) is 0 Å². The van der Waals surface area contributed by atoms with Crippen molar-refractivity contribution in [3.05, 3.63) is 48.6 Å². The molecule has 2 nitrogen and oxygen atoms in total. The van der Waals surface area contributed by atoms with E-state index in [-0.39, 0.29) is 12.2 Å². The number of benzene rings is 1. The van der Waals surface area contributed by atoms with Gasteiger partial charge in [-0.2, -0.15) is 0 Å². The van der Waals surface area contributed by atoms with Gasteiger partial charge in [-0.3, -0.25) is 0 Å². The predicted molar refractivity (Wildman–Crippen MR) is 78.0 cm³/mol. The largest absolute Gasteiger partial charge is 0.347 e. The molecule has 1 fully saturated rings. The van der Waals surface area contributed by atoms with E-state index in [4.69, 9.17) is 9.47 Å². The van der Waals surface area contributed by atoms with Gasteiger partial charge in [0.25, 0.3) is 0 Å². The van der Waals surface area contributed by atoms with Crippen LogP contribution >= 0.6 is 0 Å². The molecule has 0 aliphatic carbocycles. The first-order valence-electron chi connectivity index (χ1n) is 7.11. The van der Waals surface area contributed by atoms with Crippen molar-refractivity contribution in [2.75, 3.05) is 0 Å². The molecular formula is C17H24O2. The number of hydrogen-bond donors (Lipinski definition) is 0. The zero-order valence-electron chi connectivity index (χ0n) is 12.0. The molecule has 1 aliphatic heterocycles. The second kappa shape index (κ2) is 6.36. The van der Waals surface area contributed by atoms with Crippen molar-refractivity contribution < 1.29 is 9.47 Å². The topological polar surface area (TPSA) is 18.5 Å². The van der Waals surface area contributed by atoms with Crippen molar-refractivity contribution in [1.82, 2.24) is 0 Å². The minimum atomic E-state index is -0.492. The Bertz CT molecular complexity index is 397. The van der Waals surface area contributed by atoms with Crippen molar-refractivity contribution in [1.29, 1.82) is 0 Å². The van der Waals surface area contributed by atoms with Crippen LogP contribution in [0.2, 0.25) is 0 Å². The SMILES string of the molecule is C=C[C@H]1C[C@H](CCCc2ccccc2)OC(C)(C)O1. The fourth-order valence-corrected chi connectivity index (χ4v) is 2.65. The second-order valence-electron chi connectivity index (χ2n) is 5.65. The molecule has 104 valence electrons. The number of ether oxygens (including phenoxy) is 2. The standard InChI is InChI=1S/C17H24O2/c1-4-15-13-16(19-17(2,3)18-15)12-8-11-14-9-6-5-7-10-14/h4-7,9-10,15-16H,1,8,11-13H2,2-3H3/t15-,16-/m0/s1. The summed E-state index contributed by atoms with van der Waals surface area (Å²) in [6, 6.07) is 10.6. The molecule has 0 N–H and O–H groups in total. The van der Waals surface area contributed by atoms with Crippen molar-refractivity contribution >= 4 is 0 Å². The van der Waals surface area contributed by atoms with E-state index in [9.17, 15) is 0 Å². The average Bonchev–Trinajstić information content (AvgIpc) is 2.38. The molecule has 2 heteroatoms. The Morgan fingerprint density at radius 2 is 2.00 bits per heavy atom. The van der Waals surface area contributed by atoms with Gasteiger partial charge in [-0.25, -0.2) is 0 Å². The summed E-state index contributed by atoms with van der Waals surface area (Å²) in [4.78, 5) is 0. The highest BCUT2D eigenvalue weighted by Crippen LogP contribution is 2.29. The van der Waals surface area contributed by atoms with Crippen LogP contribution in [0.15, 0.2) is 43.0 Å². The molecule has 2 rings (SSSR count). The minimum Gasteiger partial charge on any atom is -0.347 e. The Hall–Kier alpha value is -1.12. The molecule has 0 aromatic heterocycles. The number of rotatable bonds is 5. The fourth-order valence-electron chi connectivity index (χ4n) is 2.65. The van der Waals surface area contributed by atoms with Crippen LogP contribution in [0.4, 0.5) is 0 Å². The monoisotopic (exact) mass is 260 g/mol. The summed E-state index contributed by atoms with van der Waals surface area (Å²) in [5.41, 5.74) is 1.40. The third-order valence-corrected chi connectivity index (χ3v) is 3.48. The third kappa shape index (κ3) is 4.48. The van der Waals surface area contributed by atoms with Gasteiger partial charge in [-0.05, 0) is 38.7 Å². The lowest BCUT2D eigenvalue weighted by atomic mass is 10.0. The van der Waals surface area contributed by atoms with E-state index in [2.05, 4.69) is 36.9 Å². The van der Waals surface area contributed by atoms with E-state index >= 15 is 0 Å². The molecule has 0 saturated carbocycles. The van der Waals surface area contributed by atoms with Gasteiger partial charge in [0.05, 0.1) is 12.2 Å². The number of hydrogen-bond acceptors (Lipinski definition) is 2. The zero-order chi connectivity index (χ0) is 13.7. The van der Waals surface area contributed by atoms with Crippen LogP contribution in [-0.4, -0.2) is 18.0 Å². The van der Waals surface area contributed by atoms with Gasteiger partial charge in [0, 0.05) is 6.42 Å². The van der Waals surface area contributed by atoms with Gasteiger partial charge < -0.3 is 9.47 Å². The number of aryl methyl sites for hydroxylation is 1. The molecule has 1 aliphatic rings. The van der Waals surface area contributed by atoms with Gasteiger partial charge in [0.2, 0.25) is 0 Å². The Morgan fingerprint density at radius 1 is 1.26 bits per heavy atom. The fraction of sp³-hybridized carbons (Fsp3) is 0.529. The smallest absolute Gasteiger partial charge is 0.163 e. The summed E-state index contributed by atoms with van der Waals surface area (Å²) in [5, 5.41) is 0. The van der Waals surface area contributed by atoms with Gasteiger partial charge in [-0.15, -0.1) is 6.58 Å². The zero-order valence-corrected chi connectivity index (χ0v) is 12.0. The first-order valence-corrected chi connectivity index (χ1v) is 7.11. The van der Waals surface area contributed by atoms with Crippen LogP contribution in [0.25, 0.3) is 0 Å². The summed E-state index contributed by atoms with van der Waals surface area (Å²) in [5.74, 6) is -0.492. The summed E-state index contributed by atoms with van der Waals surface area (Å²) < 4.78 is 11.8. The summed E-state index contributed by atoms with van der Waals surface area (Å²) >= 11 is 0. The first kappa shape index (κ1) is 14.3. The van der Waals surface area contributed by atoms with E-state index in [0.717, 1.165) is 25.7 Å². The summed E-state index contributed by atoms with van der Waals surface area (Å²) in [7, 11) is 0. The van der Waals surface area contributed by atoms with E-state index in [1.807, 2.05) is 19.9 Å². The normalized spacial score (nSPS) is 26.0. The highest BCUT2D eigenvalue weighted by molar-refractivity contribution is 5.14. The van der Waals surface area contributed by atoms with E-state index in [1.54, 1.807) is 0 Å². The van der Waals surface area contributed by atoms with E-state index < -0.39 is 5.79 Å². The van der Waals surface area contributed by atoms with Crippen molar-refractivity contribution in [3.8, 4) is 0 Å². The molecule has 19 heavy (non-hydrogen) atoms. The van der Waals surface area contributed by atoms with Gasteiger partial charge in [0.15, 0.2) is 5.79 Å². The lowest BCUT2D eigenvalue weighted by Gasteiger charge is -2.40. The summed E-state index contributed by atoms with van der Waals surface area (Å²) in [6.45, 7) is 7.79. The quantitative estimate of drug-likeness (QED) is 0.742. The molecule has 1 aromatic rings. The van der Waals surface area contributed by atoms with Crippen LogP contribution in [-0.2, 0) is 15.9 Å². The molecule has 0 bridgehead atoms. The predicted octanol–water partition coefficient (Wildman–Crippen LogP) is 4.11. The molecule has 2 atom stereocenters. The van der Waals surface area contributed by atoms with Gasteiger partial charge in [-0.1, -0.05) is 36.4 Å². The van der Waals surface area contributed by atoms with Crippen molar-refractivity contribution in [3.63, 3.8) is 0 Å². The Balaban J connectivity index is 1.80. The Kier molecular flexibility index (Phi) is 4.78. The summed E-state index contributed by atoms with van der Waals surface area (Å²) in [6.07, 6.45) is 6.53. The van der Waals surface area contributed by atoms with Crippen LogP contribution in [0.3, 0.4) is 0 Å². The van der Waals surface area contributed by atoms with E-state index in [0.29, 0.717) is 0 Å². The van der Waals surface area contributed by atoms with E-state index in [1.165, 1.54) is 5.56 Å². The Labute approximate surface area is 116 Å². The lowest BCUT2D eigenvalue weighted by molar-refractivity contribution is -0.291. The average molecular weight is 260 g/mol. The third-order valence-electron chi connectivity index (χ3n) is 3.48. The molecule has 0 amide bonds. The van der Waals surface area contributed by atoms with Crippen LogP contribution in [0, 0.1) is 0 Å². The van der Waals surface area contributed by atoms with Gasteiger partial charge >= 0.3 is 0 Å². The molecule has 0 unspecified atom stereocenters. The molecule has 1 heterocycles. The maximum Gasteiger partial charge on any atom is 0.163 e. The van der Waals surface area contributed by atoms with Gasteiger partial charge in [0.1, 0.15) is 0 Å². The molecule has 1 saturated heterocycles. The first-order chi connectivity index (χ1) is 9.09. The molecular weight excluding hydrogens is 236 g/mol. The molecule has 0 radical (unpaired) electrons. The van der Waals surface area contributed by atoms with Crippen LogP contribution in [0.1, 0.15) is 38.7 Å². The lowest BCUT2D eigenvalue weighted by Crippen LogP contribution is -2.43. The van der Waals surface area contributed by atoms with Crippen molar-refractivity contribution in [2.45, 2.75) is 57.5 Å². The van der Waals surface area contributed by atoms with Crippen molar-refractivity contribution in [2.24, 2.45) is 0 Å².